The van der Waals surface area contributed by atoms with Crippen LogP contribution < -0.4 is 15.4 Å². The highest BCUT2D eigenvalue weighted by Gasteiger charge is 2.31. The van der Waals surface area contributed by atoms with Gasteiger partial charge in [-0.2, -0.15) is 12.7 Å². The molecule has 2 aromatic heterocycles. The van der Waals surface area contributed by atoms with E-state index in [0.29, 0.717) is 48.6 Å². The van der Waals surface area contributed by atoms with Crippen LogP contribution in [-0.2, 0) is 15.0 Å². The molecule has 0 unspecified atom stereocenters. The minimum absolute atomic E-state index is 0.216. The van der Waals surface area contributed by atoms with E-state index in [1.807, 2.05) is 35.2 Å². The molecular weight excluding hydrogens is 526 g/mol. The van der Waals surface area contributed by atoms with Crippen molar-refractivity contribution in [2.24, 2.45) is 0 Å². The number of aromatic amines is 1. The van der Waals surface area contributed by atoms with Crippen molar-refractivity contribution in [2.45, 2.75) is 56.7 Å². The maximum atomic E-state index is 12.3. The van der Waals surface area contributed by atoms with Crippen molar-refractivity contribution in [1.29, 1.82) is 0 Å². The van der Waals surface area contributed by atoms with Crippen LogP contribution in [0.3, 0.4) is 0 Å². The van der Waals surface area contributed by atoms with Gasteiger partial charge in [-0.05, 0) is 50.7 Å². The zero-order chi connectivity index (χ0) is 26.7. The largest absolute Gasteiger partial charge is 0.360 e. The monoisotopic (exact) mass is 557 g/mol. The van der Waals surface area contributed by atoms with Crippen LogP contribution in [0.1, 0.15) is 38.5 Å². The van der Waals surface area contributed by atoms with Crippen LogP contribution in [-0.4, -0.2) is 64.8 Å². The number of piperidine rings is 1. The smallest absolute Gasteiger partial charge is 0.304 e. The molecule has 2 aliphatic rings. The van der Waals surface area contributed by atoms with Gasteiger partial charge < -0.3 is 15.6 Å². The van der Waals surface area contributed by atoms with Gasteiger partial charge in [0, 0.05) is 53.9 Å². The highest BCUT2D eigenvalue weighted by Crippen LogP contribution is 2.33. The van der Waals surface area contributed by atoms with Gasteiger partial charge in [-0.15, -0.1) is 0 Å². The van der Waals surface area contributed by atoms with Gasteiger partial charge >= 0.3 is 10.2 Å². The number of rotatable bonds is 8. The number of hydrogen-bond acceptors (Lipinski definition) is 7. The Hall–Kier alpha value is -2.99. The maximum Gasteiger partial charge on any atom is 0.304 e. The Balaban J connectivity index is 1.17. The van der Waals surface area contributed by atoms with E-state index in [-0.39, 0.29) is 12.1 Å². The predicted molar refractivity (Wildman–Crippen MR) is 149 cm³/mol. The van der Waals surface area contributed by atoms with Crippen molar-refractivity contribution < 1.29 is 13.2 Å². The second-order valence-corrected chi connectivity index (χ2v) is 11.9. The summed E-state index contributed by atoms with van der Waals surface area (Å²) in [6.45, 7) is 4.03. The van der Waals surface area contributed by atoms with Gasteiger partial charge in [-0.3, -0.25) is 4.79 Å². The molecule has 0 spiro atoms. The summed E-state index contributed by atoms with van der Waals surface area (Å²) in [4.78, 5) is 23.9. The molecule has 1 aliphatic heterocycles. The van der Waals surface area contributed by atoms with Crippen molar-refractivity contribution in [2.75, 3.05) is 18.4 Å². The van der Waals surface area contributed by atoms with E-state index in [9.17, 15) is 13.2 Å². The van der Waals surface area contributed by atoms with Crippen molar-refractivity contribution >= 4 is 44.6 Å². The van der Waals surface area contributed by atoms with Crippen molar-refractivity contribution in [3.8, 4) is 11.3 Å². The summed E-state index contributed by atoms with van der Waals surface area (Å²) in [5.74, 6) is -0.162. The first kappa shape index (κ1) is 26.6. The third-order valence-corrected chi connectivity index (χ3v) is 9.06. The summed E-state index contributed by atoms with van der Waals surface area (Å²) >= 11 is 6.49. The number of H-pyrrole nitrogens is 1. The fourth-order valence-electron chi connectivity index (χ4n) is 5.38. The number of aromatic nitrogens is 3. The van der Waals surface area contributed by atoms with E-state index in [1.165, 1.54) is 4.31 Å². The van der Waals surface area contributed by atoms with Crippen molar-refractivity contribution in [3.05, 3.63) is 54.3 Å². The zero-order valence-corrected chi connectivity index (χ0v) is 22.6. The number of hydrogen-bond donors (Lipinski definition) is 4. The van der Waals surface area contributed by atoms with Gasteiger partial charge in [-0.1, -0.05) is 36.4 Å². The van der Waals surface area contributed by atoms with Crippen LogP contribution in [0.2, 0.25) is 5.02 Å². The van der Waals surface area contributed by atoms with Crippen molar-refractivity contribution in [3.63, 3.8) is 0 Å². The summed E-state index contributed by atoms with van der Waals surface area (Å²) < 4.78 is 28.0. The van der Waals surface area contributed by atoms with Gasteiger partial charge in [0.2, 0.25) is 5.95 Å². The first-order valence-corrected chi connectivity index (χ1v) is 14.7. The molecule has 2 atom stereocenters. The molecule has 0 radical (unpaired) electrons. The lowest BCUT2D eigenvalue weighted by Gasteiger charge is -2.36. The van der Waals surface area contributed by atoms with Gasteiger partial charge in [0.05, 0.1) is 16.9 Å². The molecule has 12 heteroatoms. The normalized spacial score (nSPS) is 21.3. The minimum Gasteiger partial charge on any atom is -0.360 e. The number of halogens is 1. The Kier molecular flexibility index (Phi) is 7.98. The molecule has 0 bridgehead atoms. The number of nitrogens with zero attached hydrogens (tertiary/aromatic N) is 3. The number of fused-ring (bicyclic) bond motifs is 1. The van der Waals surface area contributed by atoms with Crippen LogP contribution in [0.25, 0.3) is 22.2 Å². The SMILES string of the molecule is C=CC(=O)NS(=O)(=O)N1CCC(N[C@H]2CCC[C@@H](Nc3ncc(Cl)c(-c4c[nH]c5ccccc45)n3)C2)CC1. The van der Waals surface area contributed by atoms with Crippen LogP contribution in [0.4, 0.5) is 5.95 Å². The Morgan fingerprint density at radius 3 is 2.68 bits per heavy atom. The number of carbonyl (C=O) groups excluding carboxylic acids is 1. The number of amides is 1. The molecular formula is C26H32ClN7O3S. The molecule has 2 fully saturated rings. The fourth-order valence-corrected chi connectivity index (χ4v) is 6.73. The summed E-state index contributed by atoms with van der Waals surface area (Å²) in [6, 6.07) is 8.79. The van der Waals surface area contributed by atoms with E-state index in [2.05, 4.69) is 27.2 Å². The number of nitrogens with one attached hydrogen (secondary N) is 4. The molecule has 5 rings (SSSR count). The first-order valence-electron chi connectivity index (χ1n) is 12.9. The summed E-state index contributed by atoms with van der Waals surface area (Å²) in [7, 11) is -3.83. The van der Waals surface area contributed by atoms with Gasteiger partial charge in [0.1, 0.15) is 0 Å². The topological polar surface area (TPSA) is 132 Å². The van der Waals surface area contributed by atoms with Crippen LogP contribution in [0, 0.1) is 0 Å². The molecule has 1 aromatic carbocycles. The van der Waals surface area contributed by atoms with Gasteiger partial charge in [0.15, 0.2) is 0 Å². The predicted octanol–water partition coefficient (Wildman–Crippen LogP) is 3.60. The molecule has 1 saturated heterocycles. The van der Waals surface area contributed by atoms with Gasteiger partial charge in [0.25, 0.3) is 5.91 Å². The Morgan fingerprint density at radius 1 is 1.13 bits per heavy atom. The molecule has 3 aromatic rings. The van der Waals surface area contributed by atoms with E-state index in [0.717, 1.165) is 48.2 Å². The van der Waals surface area contributed by atoms with E-state index in [4.69, 9.17) is 16.6 Å². The van der Waals surface area contributed by atoms with Crippen molar-refractivity contribution in [1.82, 2.24) is 29.3 Å². The Bertz CT molecular complexity index is 1420. The molecule has 38 heavy (non-hydrogen) atoms. The second kappa shape index (κ2) is 11.4. The molecule has 3 heterocycles. The quantitative estimate of drug-likeness (QED) is 0.311. The lowest BCUT2D eigenvalue weighted by atomic mass is 9.90. The summed E-state index contributed by atoms with van der Waals surface area (Å²) in [6.07, 6.45) is 9.97. The molecule has 1 saturated carbocycles. The van der Waals surface area contributed by atoms with E-state index < -0.39 is 16.1 Å². The Morgan fingerprint density at radius 2 is 1.89 bits per heavy atom. The third-order valence-electron chi connectivity index (χ3n) is 7.28. The minimum atomic E-state index is -3.83. The van der Waals surface area contributed by atoms with Crippen LogP contribution >= 0.6 is 11.6 Å². The molecule has 202 valence electrons. The first-order chi connectivity index (χ1) is 18.3. The highest BCUT2D eigenvalue weighted by atomic mass is 35.5. The number of carbonyl (C=O) groups is 1. The fraction of sp³-hybridized carbons (Fsp3) is 0.423. The summed E-state index contributed by atoms with van der Waals surface area (Å²) in [5.41, 5.74) is 2.66. The second-order valence-electron chi connectivity index (χ2n) is 9.86. The van der Waals surface area contributed by atoms with E-state index in [1.54, 1.807) is 6.20 Å². The lowest BCUT2D eigenvalue weighted by molar-refractivity contribution is -0.114. The Labute approximate surface area is 227 Å². The number of benzene rings is 1. The molecule has 1 amide bonds. The van der Waals surface area contributed by atoms with Crippen LogP contribution in [0.15, 0.2) is 49.3 Å². The average molecular weight is 558 g/mol. The third kappa shape index (κ3) is 6.01. The number of anilines is 1. The van der Waals surface area contributed by atoms with Crippen LogP contribution in [0.5, 0.6) is 0 Å². The zero-order valence-electron chi connectivity index (χ0n) is 21.0. The van der Waals surface area contributed by atoms with E-state index >= 15 is 0 Å². The lowest BCUT2D eigenvalue weighted by Crippen LogP contribution is -2.52. The molecule has 4 N–H and O–H groups in total. The highest BCUT2D eigenvalue weighted by molar-refractivity contribution is 7.87. The average Bonchev–Trinajstić information content (AvgIpc) is 3.34. The summed E-state index contributed by atoms with van der Waals surface area (Å²) in [5, 5.41) is 8.80. The standard InChI is InChI=1S/C26H32ClN7O3S/c1-2-24(35)33-38(36,37)34-12-10-17(11-13-34)30-18-6-5-7-19(14-18)31-26-29-16-22(27)25(32-26)21-15-28-23-9-4-3-8-20(21)23/h2-4,8-9,15-19,28,30H,1,5-7,10-14H2,(H,33,35)(H,29,31,32)/t18-,19+/m0/s1. The number of para-hydroxylation sites is 1. The molecule has 10 nitrogen and oxygen atoms in total. The maximum absolute atomic E-state index is 12.3. The molecule has 1 aliphatic carbocycles. The van der Waals surface area contributed by atoms with Gasteiger partial charge in [-0.25, -0.2) is 14.7 Å².